The summed E-state index contributed by atoms with van der Waals surface area (Å²) in [7, 11) is 0. The van der Waals surface area contributed by atoms with Crippen LogP contribution in [0, 0.1) is 33.3 Å². The number of nitro benzene ring substituents is 1. The quantitative estimate of drug-likeness (QED) is 0.451. The minimum atomic E-state index is -0.404. The highest BCUT2D eigenvalue weighted by Gasteiger charge is 2.36. The number of nitriles is 1. The maximum atomic E-state index is 10.8. The first kappa shape index (κ1) is 10.7. The van der Waals surface area contributed by atoms with Crippen LogP contribution in [-0.4, -0.2) is 4.92 Å². The maximum absolute atomic E-state index is 10.8. The molecule has 1 aromatic carbocycles. The lowest BCUT2D eigenvalue weighted by atomic mass is 9.91. The number of rotatable bonds is 2. The molecule has 0 aromatic heterocycles. The van der Waals surface area contributed by atoms with Crippen LogP contribution in [0.5, 0.6) is 0 Å². The molecule has 2 aliphatic carbocycles. The molecule has 2 unspecified atom stereocenters. The summed E-state index contributed by atoms with van der Waals surface area (Å²) in [6.45, 7) is 0. The monoisotopic (exact) mass is 238 g/mol. The fourth-order valence-electron chi connectivity index (χ4n) is 2.83. The molecule has 1 aromatic rings. The number of nitrogens with zero attached hydrogens (tertiary/aromatic N) is 2. The molecule has 0 radical (unpaired) electrons. The second-order valence-corrected chi connectivity index (χ2v) is 4.58. The van der Waals surface area contributed by atoms with Crippen LogP contribution in [0.4, 0.5) is 5.69 Å². The van der Waals surface area contributed by atoms with Crippen LogP contribution in [0.25, 0.3) is 5.57 Å². The molecule has 18 heavy (non-hydrogen) atoms. The van der Waals surface area contributed by atoms with Crippen LogP contribution in [0.3, 0.4) is 0 Å². The van der Waals surface area contributed by atoms with Crippen molar-refractivity contribution in [3.63, 3.8) is 0 Å². The lowest BCUT2D eigenvalue weighted by Gasteiger charge is -2.11. The van der Waals surface area contributed by atoms with Crippen LogP contribution in [0.2, 0.25) is 0 Å². The molecule has 0 N–H and O–H groups in total. The van der Waals surface area contributed by atoms with E-state index in [0.29, 0.717) is 0 Å². The van der Waals surface area contributed by atoms with Crippen LogP contribution in [0.15, 0.2) is 42.0 Å². The molecule has 4 heteroatoms. The van der Waals surface area contributed by atoms with E-state index in [1.54, 1.807) is 12.1 Å². The van der Waals surface area contributed by atoms with Crippen LogP contribution in [0.1, 0.15) is 12.0 Å². The Balaban J connectivity index is 2.11. The van der Waals surface area contributed by atoms with E-state index in [4.69, 9.17) is 0 Å². The Hall–Kier alpha value is -2.41. The summed E-state index contributed by atoms with van der Waals surface area (Å²) in [6.07, 6.45) is 5.09. The highest BCUT2D eigenvalue weighted by molar-refractivity contribution is 5.80. The second kappa shape index (κ2) is 3.81. The summed E-state index contributed by atoms with van der Waals surface area (Å²) >= 11 is 0. The van der Waals surface area contributed by atoms with E-state index in [-0.39, 0.29) is 17.5 Å². The smallest absolute Gasteiger partial charge is 0.258 e. The Morgan fingerprint density at radius 3 is 2.83 bits per heavy atom. The zero-order chi connectivity index (χ0) is 12.7. The Labute approximate surface area is 104 Å². The molecule has 2 bridgehead atoms. The fourth-order valence-corrected chi connectivity index (χ4v) is 2.83. The Kier molecular flexibility index (Phi) is 2.27. The van der Waals surface area contributed by atoms with Gasteiger partial charge in [-0.05, 0) is 17.6 Å². The average Bonchev–Trinajstić information content (AvgIpc) is 2.98. The molecule has 0 saturated carbocycles. The van der Waals surface area contributed by atoms with Gasteiger partial charge in [-0.25, -0.2) is 0 Å². The molecule has 0 saturated heterocycles. The van der Waals surface area contributed by atoms with Crippen molar-refractivity contribution in [3.8, 4) is 6.07 Å². The van der Waals surface area contributed by atoms with Gasteiger partial charge >= 0.3 is 0 Å². The van der Waals surface area contributed by atoms with Crippen molar-refractivity contribution >= 4 is 11.3 Å². The summed E-state index contributed by atoms with van der Waals surface area (Å²) in [5.74, 6) is 0.445. The molecule has 0 spiro atoms. The number of fused-ring (bicyclic) bond motifs is 2. The first-order chi connectivity index (χ1) is 8.70. The number of nitro groups is 1. The van der Waals surface area contributed by atoms with Crippen molar-refractivity contribution in [2.45, 2.75) is 6.42 Å². The minimum absolute atomic E-state index is 0.0732. The molecule has 0 amide bonds. The normalized spacial score (nSPS) is 24.4. The Morgan fingerprint density at radius 1 is 1.33 bits per heavy atom. The Morgan fingerprint density at radius 2 is 2.11 bits per heavy atom. The van der Waals surface area contributed by atoms with Gasteiger partial charge in [0, 0.05) is 29.5 Å². The van der Waals surface area contributed by atoms with Gasteiger partial charge in [0.05, 0.1) is 11.0 Å². The van der Waals surface area contributed by atoms with Crippen molar-refractivity contribution in [3.05, 3.63) is 57.7 Å². The van der Waals surface area contributed by atoms with Gasteiger partial charge < -0.3 is 0 Å². The molecule has 88 valence electrons. The summed E-state index contributed by atoms with van der Waals surface area (Å²) in [4.78, 5) is 10.4. The molecule has 2 atom stereocenters. The van der Waals surface area contributed by atoms with E-state index in [0.717, 1.165) is 23.1 Å². The number of allylic oxidation sites excluding steroid dienone is 4. The predicted octanol–water partition coefficient (Wildman–Crippen LogP) is 3.08. The standard InChI is InChI=1S/C14H10N2O2/c15-8-13-9-4-5-11(6-9)14(13)10-2-1-3-12(7-10)16(17)18/h1-5,7,9,11H,6H2. The van der Waals surface area contributed by atoms with Gasteiger partial charge in [-0.2, -0.15) is 5.26 Å². The first-order valence-corrected chi connectivity index (χ1v) is 5.78. The highest BCUT2D eigenvalue weighted by atomic mass is 16.6. The Bertz CT molecular complexity index is 637. The van der Waals surface area contributed by atoms with Gasteiger partial charge in [-0.15, -0.1) is 0 Å². The number of hydrogen-bond acceptors (Lipinski definition) is 3. The summed E-state index contributed by atoms with van der Waals surface area (Å²) < 4.78 is 0. The predicted molar refractivity (Wildman–Crippen MR) is 66.4 cm³/mol. The van der Waals surface area contributed by atoms with Gasteiger partial charge in [0.15, 0.2) is 0 Å². The number of benzene rings is 1. The third-order valence-electron chi connectivity index (χ3n) is 3.60. The third-order valence-corrected chi connectivity index (χ3v) is 3.60. The SMILES string of the molecule is N#CC1=C(c2cccc([N+](=O)[O-])c2)C2C=CC1C2. The maximum Gasteiger partial charge on any atom is 0.270 e. The highest BCUT2D eigenvalue weighted by Crippen LogP contribution is 2.48. The van der Waals surface area contributed by atoms with E-state index in [1.807, 2.05) is 6.07 Å². The first-order valence-electron chi connectivity index (χ1n) is 5.78. The van der Waals surface area contributed by atoms with E-state index in [9.17, 15) is 15.4 Å². The number of hydrogen-bond donors (Lipinski definition) is 0. The molecule has 4 nitrogen and oxygen atoms in total. The minimum Gasteiger partial charge on any atom is -0.258 e. The van der Waals surface area contributed by atoms with Crippen LogP contribution < -0.4 is 0 Å². The third kappa shape index (κ3) is 1.45. The summed E-state index contributed by atoms with van der Waals surface area (Å²) in [5, 5.41) is 20.0. The van der Waals surface area contributed by atoms with Gasteiger partial charge in [-0.3, -0.25) is 10.1 Å². The molecule has 0 aliphatic heterocycles. The van der Waals surface area contributed by atoms with Crippen molar-refractivity contribution in [2.24, 2.45) is 11.8 Å². The van der Waals surface area contributed by atoms with E-state index >= 15 is 0 Å². The van der Waals surface area contributed by atoms with Crippen molar-refractivity contribution in [1.29, 1.82) is 5.26 Å². The zero-order valence-corrected chi connectivity index (χ0v) is 9.54. The van der Waals surface area contributed by atoms with Crippen LogP contribution >= 0.6 is 0 Å². The molecular formula is C14H10N2O2. The molecule has 0 fully saturated rings. The topological polar surface area (TPSA) is 66.9 Å². The van der Waals surface area contributed by atoms with E-state index in [2.05, 4.69) is 18.2 Å². The molecule has 0 heterocycles. The van der Waals surface area contributed by atoms with Gasteiger partial charge in [0.25, 0.3) is 5.69 Å². The van der Waals surface area contributed by atoms with Crippen LogP contribution in [-0.2, 0) is 0 Å². The van der Waals surface area contributed by atoms with Crippen molar-refractivity contribution < 1.29 is 4.92 Å². The largest absolute Gasteiger partial charge is 0.270 e. The van der Waals surface area contributed by atoms with E-state index in [1.165, 1.54) is 6.07 Å². The van der Waals surface area contributed by atoms with E-state index < -0.39 is 4.92 Å². The second-order valence-electron chi connectivity index (χ2n) is 4.58. The van der Waals surface area contributed by atoms with Crippen molar-refractivity contribution in [2.75, 3.05) is 0 Å². The lowest BCUT2D eigenvalue weighted by molar-refractivity contribution is -0.384. The van der Waals surface area contributed by atoms with Crippen molar-refractivity contribution in [1.82, 2.24) is 0 Å². The average molecular weight is 238 g/mol. The molecule has 3 rings (SSSR count). The summed E-state index contributed by atoms with van der Waals surface area (Å²) in [5.41, 5.74) is 2.61. The number of non-ortho nitro benzene ring substituents is 1. The van der Waals surface area contributed by atoms with Gasteiger partial charge in [-0.1, -0.05) is 24.3 Å². The fraction of sp³-hybridized carbons (Fsp3) is 0.214. The molecule has 2 aliphatic rings. The summed E-state index contributed by atoms with van der Waals surface area (Å²) in [6, 6.07) is 8.79. The zero-order valence-electron chi connectivity index (χ0n) is 9.54. The molecular weight excluding hydrogens is 228 g/mol. The van der Waals surface area contributed by atoms with Gasteiger partial charge in [0.2, 0.25) is 0 Å². The van der Waals surface area contributed by atoms with Gasteiger partial charge in [0.1, 0.15) is 0 Å². The lowest BCUT2D eigenvalue weighted by Crippen LogP contribution is -1.98.